The van der Waals surface area contributed by atoms with Crippen LogP contribution in [0.4, 0.5) is 4.79 Å². The Morgan fingerprint density at radius 2 is 1.72 bits per heavy atom. The number of nitrogens with zero attached hydrogens (tertiary/aromatic N) is 2. The van der Waals surface area contributed by atoms with Crippen LogP contribution in [0.2, 0.25) is 0 Å². The molecule has 152 valence electrons. The normalized spacial score (nSPS) is 15.5. The fourth-order valence-corrected chi connectivity index (χ4v) is 4.35. The third-order valence-corrected chi connectivity index (χ3v) is 5.60. The summed E-state index contributed by atoms with van der Waals surface area (Å²) in [4.78, 5) is 37.7. The topological polar surface area (TPSA) is 68.6 Å². The predicted octanol–water partition coefficient (Wildman–Crippen LogP) is 4.31. The fourth-order valence-electron chi connectivity index (χ4n) is 3.52. The van der Waals surface area contributed by atoms with Crippen LogP contribution in [0.5, 0.6) is 0 Å². The van der Waals surface area contributed by atoms with Crippen molar-refractivity contribution in [3.8, 4) is 5.69 Å². The van der Waals surface area contributed by atoms with Gasteiger partial charge >= 0.3 is 5.97 Å². The van der Waals surface area contributed by atoms with E-state index in [4.69, 9.17) is 4.74 Å². The number of ether oxygens (including phenoxy) is 1. The van der Waals surface area contributed by atoms with Crippen molar-refractivity contribution in [1.29, 1.82) is 0 Å². The van der Waals surface area contributed by atoms with Crippen molar-refractivity contribution in [2.45, 2.75) is 34.6 Å². The molecule has 2 amide bonds. The number of carbonyl (C=O) groups excluding carboxylic acids is 3. The van der Waals surface area contributed by atoms with Gasteiger partial charge in [-0.2, -0.15) is 0 Å². The van der Waals surface area contributed by atoms with Crippen LogP contribution in [0.25, 0.3) is 11.8 Å². The summed E-state index contributed by atoms with van der Waals surface area (Å²) in [6, 6.07) is 8.35. The summed E-state index contributed by atoms with van der Waals surface area (Å²) < 4.78 is 6.98. The summed E-state index contributed by atoms with van der Waals surface area (Å²) in [5.74, 6) is -1.06. The SMILES string of the molecule is CCOC(=O)CN1C(=O)S/C(=C\c2cc(C)n(-c3cc(C)cc(C)c3)c2C)C1=O. The molecule has 7 heteroatoms. The van der Waals surface area contributed by atoms with E-state index in [1.807, 2.05) is 19.9 Å². The summed E-state index contributed by atoms with van der Waals surface area (Å²) in [5, 5.41) is -0.461. The molecule has 0 spiro atoms. The molecule has 0 atom stereocenters. The molecule has 0 unspecified atom stereocenters. The molecule has 0 saturated carbocycles. The highest BCUT2D eigenvalue weighted by Gasteiger charge is 2.36. The molecule has 6 nitrogen and oxygen atoms in total. The van der Waals surface area contributed by atoms with Crippen molar-refractivity contribution in [2.24, 2.45) is 0 Å². The van der Waals surface area contributed by atoms with E-state index in [1.54, 1.807) is 13.0 Å². The van der Waals surface area contributed by atoms with Crippen molar-refractivity contribution in [3.63, 3.8) is 0 Å². The van der Waals surface area contributed by atoms with Gasteiger partial charge in [0, 0.05) is 17.1 Å². The molecule has 2 aromatic rings. The second-order valence-electron chi connectivity index (χ2n) is 7.08. The monoisotopic (exact) mass is 412 g/mol. The number of hydrogen-bond donors (Lipinski definition) is 0. The molecule has 1 aromatic heterocycles. The zero-order valence-corrected chi connectivity index (χ0v) is 18.1. The number of benzene rings is 1. The average molecular weight is 413 g/mol. The van der Waals surface area contributed by atoms with E-state index < -0.39 is 17.1 Å². The van der Waals surface area contributed by atoms with Crippen LogP contribution >= 0.6 is 11.8 Å². The Bertz CT molecular complexity index is 1020. The number of rotatable bonds is 5. The summed E-state index contributed by atoms with van der Waals surface area (Å²) in [6.45, 7) is 9.63. The van der Waals surface area contributed by atoms with Crippen LogP contribution in [0, 0.1) is 27.7 Å². The molecule has 2 heterocycles. The second-order valence-corrected chi connectivity index (χ2v) is 8.07. The Labute approximate surface area is 174 Å². The molecule has 1 saturated heterocycles. The Hall–Kier alpha value is -2.80. The van der Waals surface area contributed by atoms with E-state index in [0.717, 1.165) is 39.3 Å². The van der Waals surface area contributed by atoms with Crippen LogP contribution in [0.3, 0.4) is 0 Å². The van der Waals surface area contributed by atoms with Crippen molar-refractivity contribution in [2.75, 3.05) is 13.2 Å². The molecule has 0 aliphatic carbocycles. The Morgan fingerprint density at radius 3 is 2.34 bits per heavy atom. The van der Waals surface area contributed by atoms with Crippen LogP contribution in [0.1, 0.15) is 35.0 Å². The van der Waals surface area contributed by atoms with E-state index in [-0.39, 0.29) is 13.2 Å². The van der Waals surface area contributed by atoms with Crippen molar-refractivity contribution < 1.29 is 19.1 Å². The van der Waals surface area contributed by atoms with Gasteiger partial charge in [0.25, 0.3) is 11.1 Å². The van der Waals surface area contributed by atoms with Crippen molar-refractivity contribution >= 4 is 35.0 Å². The number of thioether (sulfide) groups is 1. The van der Waals surface area contributed by atoms with Gasteiger partial charge in [-0.05, 0) is 87.3 Å². The van der Waals surface area contributed by atoms with Gasteiger partial charge in [0.05, 0.1) is 11.5 Å². The third kappa shape index (κ3) is 4.29. The average Bonchev–Trinajstić information content (AvgIpc) is 3.04. The van der Waals surface area contributed by atoms with Gasteiger partial charge in [0.15, 0.2) is 0 Å². The Balaban J connectivity index is 1.93. The number of esters is 1. The lowest BCUT2D eigenvalue weighted by atomic mass is 10.1. The Kier molecular flexibility index (Phi) is 5.98. The Morgan fingerprint density at radius 1 is 1.07 bits per heavy atom. The number of hydrogen-bond acceptors (Lipinski definition) is 5. The lowest BCUT2D eigenvalue weighted by Gasteiger charge is -2.12. The summed E-state index contributed by atoms with van der Waals surface area (Å²) in [6.07, 6.45) is 1.72. The molecule has 1 aliphatic rings. The first kappa shape index (κ1) is 20.9. The maximum atomic E-state index is 12.6. The van der Waals surface area contributed by atoms with Crippen molar-refractivity contribution in [3.05, 3.63) is 57.2 Å². The molecule has 1 aromatic carbocycles. The summed E-state index contributed by atoms with van der Waals surface area (Å²) in [7, 11) is 0. The standard InChI is InChI=1S/C22H24N2O4S/c1-6-28-20(25)12-23-21(26)19(29-22(23)27)11-17-10-15(4)24(16(17)5)18-8-13(2)7-14(3)9-18/h7-11H,6,12H2,1-5H3/b19-11-. The van der Waals surface area contributed by atoms with Crippen LogP contribution in [0.15, 0.2) is 29.2 Å². The van der Waals surface area contributed by atoms with Crippen molar-refractivity contribution in [1.82, 2.24) is 9.47 Å². The number of amides is 2. The summed E-state index contributed by atoms with van der Waals surface area (Å²) in [5.41, 5.74) is 6.29. The minimum atomic E-state index is -0.593. The number of aromatic nitrogens is 1. The fraction of sp³-hybridized carbons (Fsp3) is 0.318. The van der Waals surface area contributed by atoms with Gasteiger partial charge in [-0.1, -0.05) is 6.07 Å². The molecule has 3 rings (SSSR count). The van der Waals surface area contributed by atoms with Gasteiger partial charge in [-0.3, -0.25) is 19.3 Å². The molecule has 0 N–H and O–H groups in total. The first-order valence-electron chi connectivity index (χ1n) is 9.40. The lowest BCUT2D eigenvalue weighted by molar-refractivity contribution is -0.145. The van der Waals surface area contributed by atoms with Gasteiger partial charge in [0.1, 0.15) is 6.54 Å². The van der Waals surface area contributed by atoms with E-state index in [1.165, 1.54) is 11.1 Å². The highest BCUT2D eigenvalue weighted by atomic mass is 32.2. The summed E-state index contributed by atoms with van der Waals surface area (Å²) >= 11 is 0.843. The molecular formula is C22H24N2O4S. The van der Waals surface area contributed by atoms with Gasteiger partial charge in [-0.15, -0.1) is 0 Å². The number of aryl methyl sites for hydroxylation is 3. The minimum absolute atomic E-state index is 0.204. The maximum Gasteiger partial charge on any atom is 0.326 e. The molecular weight excluding hydrogens is 388 g/mol. The molecule has 1 aliphatic heterocycles. The zero-order chi connectivity index (χ0) is 21.3. The van der Waals surface area contributed by atoms with E-state index in [2.05, 4.69) is 36.6 Å². The van der Waals surface area contributed by atoms with E-state index in [9.17, 15) is 14.4 Å². The molecule has 0 radical (unpaired) electrons. The van der Waals surface area contributed by atoms with E-state index in [0.29, 0.717) is 4.91 Å². The highest BCUT2D eigenvalue weighted by Crippen LogP contribution is 2.33. The largest absolute Gasteiger partial charge is 0.465 e. The zero-order valence-electron chi connectivity index (χ0n) is 17.2. The minimum Gasteiger partial charge on any atom is -0.465 e. The lowest BCUT2D eigenvalue weighted by Crippen LogP contribution is -2.34. The van der Waals surface area contributed by atoms with Gasteiger partial charge < -0.3 is 9.30 Å². The van der Waals surface area contributed by atoms with Crippen LogP contribution in [-0.2, 0) is 14.3 Å². The van der Waals surface area contributed by atoms with Gasteiger partial charge in [-0.25, -0.2) is 0 Å². The quantitative estimate of drug-likeness (QED) is 0.541. The highest BCUT2D eigenvalue weighted by molar-refractivity contribution is 8.18. The van der Waals surface area contributed by atoms with E-state index >= 15 is 0 Å². The third-order valence-electron chi connectivity index (χ3n) is 4.69. The molecule has 0 bridgehead atoms. The first-order valence-corrected chi connectivity index (χ1v) is 10.2. The maximum absolute atomic E-state index is 12.6. The van der Waals surface area contributed by atoms with Crippen LogP contribution in [-0.4, -0.2) is 39.7 Å². The number of carbonyl (C=O) groups is 3. The first-order chi connectivity index (χ1) is 13.7. The molecule has 29 heavy (non-hydrogen) atoms. The van der Waals surface area contributed by atoms with Gasteiger partial charge in [0.2, 0.25) is 0 Å². The smallest absolute Gasteiger partial charge is 0.326 e. The predicted molar refractivity (Wildman–Crippen MR) is 114 cm³/mol. The second kappa shape index (κ2) is 8.29. The molecule has 1 fully saturated rings. The number of imide groups is 1. The van der Waals surface area contributed by atoms with Crippen LogP contribution < -0.4 is 0 Å².